The predicted octanol–water partition coefficient (Wildman–Crippen LogP) is 5.02. The van der Waals surface area contributed by atoms with Crippen LogP contribution in [-0.2, 0) is 11.3 Å². The van der Waals surface area contributed by atoms with E-state index in [1.54, 1.807) is 30.3 Å². The number of carbonyl (C=O) groups is 3. The smallest absolute Gasteiger partial charge is 0.335 e. The number of nitrogens with zero attached hydrogens (tertiary/aromatic N) is 1. The van der Waals surface area contributed by atoms with Crippen LogP contribution in [0.4, 0.5) is 9.18 Å². The van der Waals surface area contributed by atoms with E-state index in [1.165, 1.54) is 36.4 Å². The summed E-state index contributed by atoms with van der Waals surface area (Å²) in [5, 5.41) is 8.49. The molecule has 1 aliphatic heterocycles. The van der Waals surface area contributed by atoms with E-state index < -0.39 is 22.9 Å². The van der Waals surface area contributed by atoms with Crippen molar-refractivity contribution in [1.29, 1.82) is 0 Å². The molecule has 1 aliphatic rings. The van der Waals surface area contributed by atoms with Gasteiger partial charge in [0.25, 0.3) is 11.1 Å². The Morgan fingerprint density at radius 3 is 2.50 bits per heavy atom. The highest BCUT2D eigenvalue weighted by atomic mass is 32.2. The Hall–Kier alpha value is -3.65. The standard InChI is InChI=1S/C22H14FNO5S/c23-17-4-2-1-3-15(17)12-24-20(25)19(30-22(24)28)11-16-9-10-18(29-16)13-5-7-14(8-6-13)21(26)27/h1-11H,12H2,(H,26,27)/b19-11-. The number of carbonyl (C=O) groups excluding carboxylic acids is 2. The molecule has 4 rings (SSSR count). The molecule has 1 saturated heterocycles. The van der Waals surface area contributed by atoms with Gasteiger partial charge >= 0.3 is 5.97 Å². The molecule has 150 valence electrons. The molecule has 2 amide bonds. The van der Waals surface area contributed by atoms with E-state index in [9.17, 15) is 18.8 Å². The van der Waals surface area contributed by atoms with E-state index in [2.05, 4.69) is 0 Å². The zero-order valence-corrected chi connectivity index (χ0v) is 16.2. The van der Waals surface area contributed by atoms with Crippen molar-refractivity contribution in [2.45, 2.75) is 6.54 Å². The lowest BCUT2D eigenvalue weighted by Crippen LogP contribution is -2.27. The van der Waals surface area contributed by atoms with Gasteiger partial charge in [-0.25, -0.2) is 9.18 Å². The average Bonchev–Trinajstić information content (AvgIpc) is 3.30. The first-order valence-corrected chi connectivity index (χ1v) is 9.66. The maximum Gasteiger partial charge on any atom is 0.335 e. The molecule has 2 heterocycles. The first kappa shape index (κ1) is 19.7. The highest BCUT2D eigenvalue weighted by Gasteiger charge is 2.35. The maximum atomic E-state index is 13.9. The second-order valence-electron chi connectivity index (χ2n) is 6.44. The fourth-order valence-electron chi connectivity index (χ4n) is 2.93. The van der Waals surface area contributed by atoms with E-state index in [4.69, 9.17) is 9.52 Å². The van der Waals surface area contributed by atoms with Crippen LogP contribution in [0.1, 0.15) is 21.7 Å². The zero-order chi connectivity index (χ0) is 21.3. The normalized spacial score (nSPS) is 15.2. The lowest BCUT2D eigenvalue weighted by molar-refractivity contribution is -0.123. The number of thioether (sulfide) groups is 1. The molecule has 0 unspecified atom stereocenters. The third-order valence-corrected chi connectivity index (χ3v) is 5.38. The second kappa shape index (κ2) is 8.00. The Labute approximate surface area is 174 Å². The van der Waals surface area contributed by atoms with Gasteiger partial charge in [0.15, 0.2) is 0 Å². The maximum absolute atomic E-state index is 13.9. The van der Waals surface area contributed by atoms with Gasteiger partial charge in [0.05, 0.1) is 17.0 Å². The molecule has 0 aliphatic carbocycles. The Balaban J connectivity index is 1.53. The van der Waals surface area contributed by atoms with Gasteiger partial charge in [-0.05, 0) is 42.1 Å². The van der Waals surface area contributed by atoms with Gasteiger partial charge < -0.3 is 9.52 Å². The third kappa shape index (κ3) is 3.90. The summed E-state index contributed by atoms with van der Waals surface area (Å²) in [7, 11) is 0. The SMILES string of the molecule is O=C(O)c1ccc(-c2ccc(/C=C3\SC(=O)N(Cc4ccccc4F)C3=O)o2)cc1. The predicted molar refractivity (Wildman–Crippen MR) is 109 cm³/mol. The molecule has 0 radical (unpaired) electrons. The van der Waals surface area contributed by atoms with Gasteiger partial charge in [-0.1, -0.05) is 30.3 Å². The highest BCUT2D eigenvalue weighted by molar-refractivity contribution is 8.18. The minimum absolute atomic E-state index is 0.145. The first-order valence-electron chi connectivity index (χ1n) is 8.85. The first-order chi connectivity index (χ1) is 14.4. The molecule has 0 atom stereocenters. The van der Waals surface area contributed by atoms with Crippen molar-refractivity contribution in [1.82, 2.24) is 4.90 Å². The molecule has 0 spiro atoms. The van der Waals surface area contributed by atoms with Gasteiger partial charge in [-0.15, -0.1) is 0 Å². The fraction of sp³-hybridized carbons (Fsp3) is 0.0455. The number of hydrogen-bond acceptors (Lipinski definition) is 5. The number of aromatic carboxylic acids is 1. The van der Waals surface area contributed by atoms with Crippen LogP contribution in [0.25, 0.3) is 17.4 Å². The molecule has 1 N–H and O–H groups in total. The number of furan rings is 1. The van der Waals surface area contributed by atoms with E-state index in [-0.39, 0.29) is 22.6 Å². The molecule has 30 heavy (non-hydrogen) atoms. The van der Waals surface area contributed by atoms with Crippen molar-refractivity contribution in [3.8, 4) is 11.3 Å². The van der Waals surface area contributed by atoms with Crippen molar-refractivity contribution in [3.63, 3.8) is 0 Å². The molecule has 6 nitrogen and oxygen atoms in total. The largest absolute Gasteiger partial charge is 0.478 e. The fourth-order valence-corrected chi connectivity index (χ4v) is 3.74. The Bertz CT molecular complexity index is 1180. The summed E-state index contributed by atoms with van der Waals surface area (Å²) >= 11 is 0.763. The van der Waals surface area contributed by atoms with Crippen molar-refractivity contribution in [3.05, 3.63) is 88.3 Å². The Morgan fingerprint density at radius 1 is 1.07 bits per heavy atom. The van der Waals surface area contributed by atoms with Crippen LogP contribution in [0.15, 0.2) is 70.0 Å². The minimum atomic E-state index is -1.02. The van der Waals surface area contributed by atoms with Gasteiger partial charge in [-0.2, -0.15) is 0 Å². The van der Waals surface area contributed by atoms with Crippen molar-refractivity contribution in [2.24, 2.45) is 0 Å². The molecular weight excluding hydrogens is 409 g/mol. The van der Waals surface area contributed by atoms with Gasteiger partial charge in [0.1, 0.15) is 17.3 Å². The van der Waals surface area contributed by atoms with Crippen molar-refractivity contribution >= 4 is 35.0 Å². The lowest BCUT2D eigenvalue weighted by atomic mass is 10.1. The molecule has 0 bridgehead atoms. The summed E-state index contributed by atoms with van der Waals surface area (Å²) in [6.45, 7) is -0.145. The van der Waals surface area contributed by atoms with Gasteiger partial charge in [0, 0.05) is 17.2 Å². The van der Waals surface area contributed by atoms with E-state index in [1.807, 2.05) is 0 Å². The number of rotatable bonds is 5. The van der Waals surface area contributed by atoms with Crippen LogP contribution in [0, 0.1) is 5.82 Å². The van der Waals surface area contributed by atoms with Crippen LogP contribution in [-0.4, -0.2) is 27.1 Å². The summed E-state index contributed by atoms with van der Waals surface area (Å²) < 4.78 is 19.6. The number of carboxylic acids is 1. The molecule has 1 aromatic heterocycles. The van der Waals surface area contributed by atoms with Crippen molar-refractivity contribution < 1.29 is 28.3 Å². The summed E-state index contributed by atoms with van der Waals surface area (Å²) in [6.07, 6.45) is 1.46. The van der Waals surface area contributed by atoms with Crippen LogP contribution >= 0.6 is 11.8 Å². The minimum Gasteiger partial charge on any atom is -0.478 e. The van der Waals surface area contributed by atoms with Crippen LogP contribution in [0.5, 0.6) is 0 Å². The third-order valence-electron chi connectivity index (χ3n) is 4.48. The number of imide groups is 1. The quantitative estimate of drug-likeness (QED) is 0.580. The summed E-state index contributed by atoms with van der Waals surface area (Å²) in [6, 6.07) is 15.5. The van der Waals surface area contributed by atoms with E-state index >= 15 is 0 Å². The van der Waals surface area contributed by atoms with Crippen molar-refractivity contribution in [2.75, 3.05) is 0 Å². The number of benzene rings is 2. The molecule has 8 heteroatoms. The van der Waals surface area contributed by atoms with E-state index in [0.29, 0.717) is 17.1 Å². The topological polar surface area (TPSA) is 87.8 Å². The number of amides is 2. The monoisotopic (exact) mass is 423 g/mol. The van der Waals surface area contributed by atoms with E-state index in [0.717, 1.165) is 16.7 Å². The van der Waals surface area contributed by atoms with Crippen LogP contribution in [0.3, 0.4) is 0 Å². The van der Waals surface area contributed by atoms with Crippen LogP contribution < -0.4 is 0 Å². The molecule has 3 aromatic rings. The molecular formula is C22H14FNO5S. The summed E-state index contributed by atoms with van der Waals surface area (Å²) in [4.78, 5) is 37.0. The lowest BCUT2D eigenvalue weighted by Gasteiger charge is -2.12. The Kier molecular flexibility index (Phi) is 5.24. The molecule has 1 fully saturated rings. The van der Waals surface area contributed by atoms with Gasteiger partial charge in [-0.3, -0.25) is 14.5 Å². The van der Waals surface area contributed by atoms with Crippen LogP contribution in [0.2, 0.25) is 0 Å². The highest BCUT2D eigenvalue weighted by Crippen LogP contribution is 2.34. The van der Waals surface area contributed by atoms with Gasteiger partial charge in [0.2, 0.25) is 0 Å². The summed E-state index contributed by atoms with van der Waals surface area (Å²) in [5.74, 6) is -1.16. The number of halogens is 1. The summed E-state index contributed by atoms with van der Waals surface area (Å²) in [5.41, 5.74) is 1.09. The Morgan fingerprint density at radius 2 is 1.80 bits per heavy atom. The molecule has 2 aromatic carbocycles. The molecule has 0 saturated carbocycles. The zero-order valence-electron chi connectivity index (χ0n) is 15.4. The average molecular weight is 423 g/mol. The number of hydrogen-bond donors (Lipinski definition) is 1. The second-order valence-corrected chi connectivity index (χ2v) is 7.44. The number of carboxylic acid groups (broad SMARTS) is 1.